The van der Waals surface area contributed by atoms with E-state index in [1.807, 2.05) is 0 Å². The average molecular weight is 86.0 g/mol. The molecule has 1 aliphatic heterocycles. The van der Waals surface area contributed by atoms with E-state index in [-0.39, 0.29) is 0 Å². The molecule has 0 spiro atoms. The van der Waals surface area contributed by atoms with Gasteiger partial charge in [-0.1, -0.05) is 6.32 Å². The Labute approximate surface area is 37.7 Å². The quantitative estimate of drug-likeness (QED) is 0.323. The molecule has 1 fully saturated rings. The molecule has 0 aromatic rings. The van der Waals surface area contributed by atoms with Gasteiger partial charge in [0, 0.05) is 11.0 Å². The van der Waals surface area contributed by atoms with Crippen molar-refractivity contribution in [1.82, 2.24) is 0 Å². The third-order valence-corrected chi connectivity index (χ3v) is 2.00. The fourth-order valence-electron chi connectivity index (χ4n) is 0.304. The standard InChI is InChI=1S/C3H7BS/c4-1-3-2-5-3/h3H,1-2,4H2. The van der Waals surface area contributed by atoms with E-state index in [4.69, 9.17) is 0 Å². The SMILES string of the molecule is BCC1CS1. The van der Waals surface area contributed by atoms with Crippen LogP contribution in [0.3, 0.4) is 0 Å². The van der Waals surface area contributed by atoms with Crippen LogP contribution >= 0.6 is 11.8 Å². The highest BCUT2D eigenvalue weighted by Gasteiger charge is 2.18. The molecule has 2 heteroatoms. The molecule has 0 saturated carbocycles. The number of thioether (sulfide) groups is 1. The van der Waals surface area contributed by atoms with Crippen LogP contribution in [0.15, 0.2) is 0 Å². The molecule has 1 saturated heterocycles. The second-order valence-electron chi connectivity index (χ2n) is 1.36. The van der Waals surface area contributed by atoms with Gasteiger partial charge in [-0.05, 0) is 0 Å². The van der Waals surface area contributed by atoms with Gasteiger partial charge in [-0.15, -0.1) is 0 Å². The van der Waals surface area contributed by atoms with Crippen molar-refractivity contribution in [2.24, 2.45) is 0 Å². The van der Waals surface area contributed by atoms with Crippen molar-refractivity contribution in [2.45, 2.75) is 11.6 Å². The lowest BCUT2D eigenvalue weighted by Gasteiger charge is -1.69. The number of hydrogen-bond donors (Lipinski definition) is 0. The molecule has 0 nitrogen and oxygen atoms in total. The summed E-state index contributed by atoms with van der Waals surface area (Å²) in [4.78, 5) is 0. The van der Waals surface area contributed by atoms with E-state index in [0.717, 1.165) is 5.25 Å². The Balaban J connectivity index is 2.00. The lowest BCUT2D eigenvalue weighted by atomic mass is 10.0. The summed E-state index contributed by atoms with van der Waals surface area (Å²) in [5.41, 5.74) is 0. The van der Waals surface area contributed by atoms with Gasteiger partial charge in [0.2, 0.25) is 0 Å². The van der Waals surface area contributed by atoms with Crippen LogP contribution in [0.5, 0.6) is 0 Å². The first-order valence-corrected chi connectivity index (χ1v) is 3.10. The van der Waals surface area contributed by atoms with Gasteiger partial charge < -0.3 is 0 Å². The van der Waals surface area contributed by atoms with Gasteiger partial charge >= 0.3 is 0 Å². The van der Waals surface area contributed by atoms with Crippen molar-refractivity contribution in [3.63, 3.8) is 0 Å². The van der Waals surface area contributed by atoms with E-state index in [0.29, 0.717) is 0 Å². The maximum Gasteiger partial charge on any atom is 0.102 e. The minimum absolute atomic E-state index is 1.05. The molecule has 0 amide bonds. The van der Waals surface area contributed by atoms with Crippen LogP contribution in [-0.4, -0.2) is 18.8 Å². The predicted molar refractivity (Wildman–Crippen MR) is 29.6 cm³/mol. The maximum atomic E-state index is 2.24. The van der Waals surface area contributed by atoms with E-state index in [1.165, 1.54) is 12.1 Å². The zero-order chi connectivity index (χ0) is 3.70. The van der Waals surface area contributed by atoms with Gasteiger partial charge in [-0.3, -0.25) is 0 Å². The van der Waals surface area contributed by atoms with Gasteiger partial charge in [0.1, 0.15) is 7.85 Å². The topological polar surface area (TPSA) is 0 Å². The Morgan fingerprint density at radius 2 is 2.60 bits per heavy atom. The van der Waals surface area contributed by atoms with E-state index < -0.39 is 0 Å². The van der Waals surface area contributed by atoms with Crippen LogP contribution in [0.1, 0.15) is 0 Å². The average Bonchev–Trinajstić information content (AvgIpc) is 2.12. The molecule has 0 aromatic heterocycles. The molecule has 0 bridgehead atoms. The van der Waals surface area contributed by atoms with Crippen molar-refractivity contribution < 1.29 is 0 Å². The first kappa shape index (κ1) is 3.60. The molecule has 0 aromatic carbocycles. The second kappa shape index (κ2) is 1.25. The van der Waals surface area contributed by atoms with Crippen molar-refractivity contribution in [3.05, 3.63) is 0 Å². The van der Waals surface area contributed by atoms with Crippen molar-refractivity contribution >= 4 is 19.6 Å². The Kier molecular flexibility index (Phi) is 0.901. The fourth-order valence-corrected chi connectivity index (χ4v) is 0.911. The van der Waals surface area contributed by atoms with E-state index in [2.05, 4.69) is 19.6 Å². The molecule has 1 rings (SSSR count). The lowest BCUT2D eigenvalue weighted by Crippen LogP contribution is -1.74. The van der Waals surface area contributed by atoms with Crippen LogP contribution in [0.4, 0.5) is 0 Å². The Morgan fingerprint density at radius 1 is 2.00 bits per heavy atom. The Bertz CT molecular complexity index is 33.9. The maximum absolute atomic E-state index is 2.24. The summed E-state index contributed by atoms with van der Waals surface area (Å²) in [5.74, 6) is 1.43. The smallest absolute Gasteiger partial charge is 0.102 e. The zero-order valence-corrected chi connectivity index (χ0v) is 4.22. The summed E-state index contributed by atoms with van der Waals surface area (Å²) in [7, 11) is 2.24. The molecule has 1 aliphatic rings. The summed E-state index contributed by atoms with van der Waals surface area (Å²) in [6.45, 7) is 0. The molecule has 1 heterocycles. The molecular weight excluding hydrogens is 78.9 g/mol. The second-order valence-corrected chi connectivity index (χ2v) is 2.70. The number of rotatable bonds is 1. The van der Waals surface area contributed by atoms with Gasteiger partial charge in [-0.25, -0.2) is 0 Å². The summed E-state index contributed by atoms with van der Waals surface area (Å²) < 4.78 is 0. The van der Waals surface area contributed by atoms with Crippen molar-refractivity contribution in [3.8, 4) is 0 Å². The van der Waals surface area contributed by atoms with Crippen molar-refractivity contribution in [2.75, 3.05) is 5.75 Å². The van der Waals surface area contributed by atoms with Crippen LogP contribution < -0.4 is 0 Å². The zero-order valence-electron chi connectivity index (χ0n) is 3.40. The van der Waals surface area contributed by atoms with Crippen LogP contribution in [0.25, 0.3) is 0 Å². The normalized spacial score (nSPS) is 34.0. The predicted octanol–water partition coefficient (Wildman–Crippen LogP) is 0.153. The molecular formula is C3H7BS. The molecule has 0 N–H and O–H groups in total. The highest BCUT2D eigenvalue weighted by atomic mass is 32.2. The molecule has 0 radical (unpaired) electrons. The Morgan fingerprint density at radius 3 is 2.60 bits per heavy atom. The van der Waals surface area contributed by atoms with Gasteiger partial charge in [0.25, 0.3) is 0 Å². The Hall–Kier alpha value is 0.415. The first-order valence-electron chi connectivity index (χ1n) is 2.05. The molecule has 1 unspecified atom stereocenters. The van der Waals surface area contributed by atoms with Crippen LogP contribution in [0.2, 0.25) is 6.32 Å². The fraction of sp³-hybridized carbons (Fsp3) is 1.00. The van der Waals surface area contributed by atoms with E-state index in [9.17, 15) is 0 Å². The summed E-state index contributed by atoms with van der Waals surface area (Å²) in [6.07, 6.45) is 1.38. The minimum Gasteiger partial charge on any atom is -0.157 e. The summed E-state index contributed by atoms with van der Waals surface area (Å²) in [5, 5.41) is 1.05. The van der Waals surface area contributed by atoms with E-state index in [1.54, 1.807) is 0 Å². The van der Waals surface area contributed by atoms with Gasteiger partial charge in [0.05, 0.1) is 0 Å². The lowest BCUT2D eigenvalue weighted by molar-refractivity contribution is 1.24. The summed E-state index contributed by atoms with van der Waals surface area (Å²) in [6, 6.07) is 0. The van der Waals surface area contributed by atoms with Gasteiger partial charge in [0.15, 0.2) is 0 Å². The third-order valence-electron chi connectivity index (χ3n) is 0.858. The van der Waals surface area contributed by atoms with Crippen LogP contribution in [-0.2, 0) is 0 Å². The number of hydrogen-bond acceptors (Lipinski definition) is 1. The largest absolute Gasteiger partial charge is 0.157 e. The minimum atomic E-state index is 1.05. The highest BCUT2D eigenvalue weighted by molar-refractivity contribution is 8.07. The molecule has 28 valence electrons. The molecule has 0 aliphatic carbocycles. The first-order chi connectivity index (χ1) is 2.43. The third kappa shape index (κ3) is 0.878. The van der Waals surface area contributed by atoms with E-state index >= 15 is 0 Å². The molecule has 1 atom stereocenters. The summed E-state index contributed by atoms with van der Waals surface area (Å²) >= 11 is 2.07. The molecule has 5 heavy (non-hydrogen) atoms. The van der Waals surface area contributed by atoms with Crippen LogP contribution in [0, 0.1) is 0 Å². The highest BCUT2D eigenvalue weighted by Crippen LogP contribution is 2.31. The van der Waals surface area contributed by atoms with Gasteiger partial charge in [-0.2, -0.15) is 11.8 Å². The van der Waals surface area contributed by atoms with Crippen molar-refractivity contribution in [1.29, 1.82) is 0 Å². The monoisotopic (exact) mass is 86.0 g/mol.